The molecule has 0 radical (unpaired) electrons. The van der Waals surface area contributed by atoms with Crippen LogP contribution < -0.4 is 10.1 Å². The SMILES string of the molecule is COc1ccc(-c2nnc(SCC(=O)Nc3cccc(F)c3)c3nc(C)sc23)cc1. The molecule has 0 spiro atoms. The highest BCUT2D eigenvalue weighted by Crippen LogP contribution is 2.35. The van der Waals surface area contributed by atoms with E-state index in [1.54, 1.807) is 19.2 Å². The van der Waals surface area contributed by atoms with Crippen molar-refractivity contribution in [1.29, 1.82) is 0 Å². The fourth-order valence-corrected chi connectivity index (χ4v) is 4.57. The molecule has 9 heteroatoms. The van der Waals surface area contributed by atoms with Gasteiger partial charge in [-0.3, -0.25) is 4.79 Å². The summed E-state index contributed by atoms with van der Waals surface area (Å²) in [5.74, 6) is 0.213. The first kappa shape index (κ1) is 20.2. The summed E-state index contributed by atoms with van der Waals surface area (Å²) >= 11 is 2.79. The summed E-state index contributed by atoms with van der Waals surface area (Å²) in [6, 6.07) is 13.4. The van der Waals surface area contributed by atoms with E-state index in [1.807, 2.05) is 31.2 Å². The summed E-state index contributed by atoms with van der Waals surface area (Å²) in [6.07, 6.45) is 0. The zero-order valence-corrected chi connectivity index (χ0v) is 17.8. The van der Waals surface area contributed by atoms with Gasteiger partial charge in [0.15, 0.2) is 0 Å². The molecule has 152 valence electrons. The van der Waals surface area contributed by atoms with Gasteiger partial charge < -0.3 is 10.1 Å². The number of nitrogens with one attached hydrogen (secondary N) is 1. The zero-order valence-electron chi connectivity index (χ0n) is 16.2. The van der Waals surface area contributed by atoms with Crippen LogP contribution in [0.25, 0.3) is 21.5 Å². The molecule has 0 aliphatic carbocycles. The third kappa shape index (κ3) is 4.42. The van der Waals surface area contributed by atoms with Crippen LogP contribution in [0.4, 0.5) is 10.1 Å². The monoisotopic (exact) mass is 440 g/mol. The van der Waals surface area contributed by atoms with E-state index in [0.29, 0.717) is 10.7 Å². The van der Waals surface area contributed by atoms with Crippen molar-refractivity contribution in [3.8, 4) is 17.0 Å². The first-order valence-corrected chi connectivity index (χ1v) is 10.8. The van der Waals surface area contributed by atoms with Crippen molar-refractivity contribution in [2.24, 2.45) is 0 Å². The average molecular weight is 441 g/mol. The first-order chi connectivity index (χ1) is 14.5. The molecule has 0 aliphatic rings. The number of aryl methyl sites for hydroxylation is 1. The van der Waals surface area contributed by atoms with Crippen molar-refractivity contribution >= 4 is 44.9 Å². The highest BCUT2D eigenvalue weighted by atomic mass is 32.2. The average Bonchev–Trinajstić information content (AvgIpc) is 3.13. The number of thioether (sulfide) groups is 1. The Hall–Kier alpha value is -3.04. The van der Waals surface area contributed by atoms with Gasteiger partial charge in [0.1, 0.15) is 27.8 Å². The predicted octanol–water partition coefficient (Wildman–Crippen LogP) is 4.94. The molecule has 6 nitrogen and oxygen atoms in total. The lowest BCUT2D eigenvalue weighted by Gasteiger charge is -2.07. The molecule has 0 saturated heterocycles. The second-order valence-electron chi connectivity index (χ2n) is 6.34. The molecule has 0 fully saturated rings. The van der Waals surface area contributed by atoms with E-state index < -0.39 is 5.82 Å². The van der Waals surface area contributed by atoms with Crippen LogP contribution >= 0.6 is 23.1 Å². The lowest BCUT2D eigenvalue weighted by Crippen LogP contribution is -2.14. The number of aromatic nitrogens is 3. The highest BCUT2D eigenvalue weighted by Gasteiger charge is 2.17. The van der Waals surface area contributed by atoms with E-state index in [0.717, 1.165) is 32.2 Å². The van der Waals surface area contributed by atoms with Crippen LogP contribution in [0, 0.1) is 12.7 Å². The molecular formula is C21H17FN4O2S2. The lowest BCUT2D eigenvalue weighted by atomic mass is 10.1. The van der Waals surface area contributed by atoms with Crippen molar-refractivity contribution < 1.29 is 13.9 Å². The van der Waals surface area contributed by atoms with Gasteiger partial charge in [0, 0.05) is 11.3 Å². The number of hydrogen-bond acceptors (Lipinski definition) is 7. The van der Waals surface area contributed by atoms with E-state index in [1.165, 1.54) is 35.2 Å². The molecule has 2 aromatic heterocycles. The van der Waals surface area contributed by atoms with E-state index in [4.69, 9.17) is 4.74 Å². The van der Waals surface area contributed by atoms with E-state index in [2.05, 4.69) is 20.5 Å². The minimum absolute atomic E-state index is 0.110. The van der Waals surface area contributed by atoms with Crippen LogP contribution in [0.15, 0.2) is 53.6 Å². The fraction of sp³-hybridized carbons (Fsp3) is 0.143. The Bertz CT molecular complexity index is 1210. The van der Waals surface area contributed by atoms with Crippen molar-refractivity contribution in [3.05, 3.63) is 59.4 Å². The Morgan fingerprint density at radius 2 is 2.00 bits per heavy atom. The Morgan fingerprint density at radius 1 is 1.20 bits per heavy atom. The van der Waals surface area contributed by atoms with Crippen LogP contribution in [0.3, 0.4) is 0 Å². The second-order valence-corrected chi connectivity index (χ2v) is 8.51. The molecule has 1 N–H and O–H groups in total. The minimum Gasteiger partial charge on any atom is -0.497 e. The van der Waals surface area contributed by atoms with Crippen LogP contribution in [0.5, 0.6) is 5.75 Å². The molecule has 1 amide bonds. The van der Waals surface area contributed by atoms with Crippen molar-refractivity contribution in [2.45, 2.75) is 11.9 Å². The van der Waals surface area contributed by atoms with Crippen molar-refractivity contribution in [3.63, 3.8) is 0 Å². The highest BCUT2D eigenvalue weighted by molar-refractivity contribution is 8.00. The van der Waals surface area contributed by atoms with Gasteiger partial charge in [0.2, 0.25) is 5.91 Å². The number of halogens is 1. The number of amides is 1. The standard InChI is InChI=1S/C21H17FN4O2S2/c1-12-23-19-20(30-12)18(13-6-8-16(28-2)9-7-13)25-26-21(19)29-11-17(27)24-15-5-3-4-14(22)10-15/h3-10H,11H2,1-2H3,(H,24,27). The third-order valence-electron chi connectivity index (χ3n) is 4.20. The van der Waals surface area contributed by atoms with Crippen molar-refractivity contribution in [2.75, 3.05) is 18.2 Å². The Balaban J connectivity index is 1.55. The van der Waals surface area contributed by atoms with Gasteiger partial charge >= 0.3 is 0 Å². The maximum Gasteiger partial charge on any atom is 0.234 e. The number of benzene rings is 2. The molecule has 0 atom stereocenters. The van der Waals surface area contributed by atoms with Gasteiger partial charge in [0.05, 0.1) is 22.6 Å². The summed E-state index contributed by atoms with van der Waals surface area (Å²) in [5, 5.41) is 12.9. The van der Waals surface area contributed by atoms with Crippen LogP contribution in [-0.4, -0.2) is 34.0 Å². The molecule has 0 bridgehead atoms. The Labute approximate surface area is 180 Å². The van der Waals surface area contributed by atoms with Crippen LogP contribution in [0.2, 0.25) is 0 Å². The van der Waals surface area contributed by atoms with Gasteiger partial charge in [-0.25, -0.2) is 9.37 Å². The van der Waals surface area contributed by atoms with E-state index in [9.17, 15) is 9.18 Å². The largest absolute Gasteiger partial charge is 0.497 e. The summed E-state index contributed by atoms with van der Waals surface area (Å²) in [5.41, 5.74) is 2.79. The molecule has 4 rings (SSSR count). The van der Waals surface area contributed by atoms with E-state index in [-0.39, 0.29) is 11.7 Å². The zero-order chi connectivity index (χ0) is 21.1. The second kappa shape index (κ2) is 8.76. The number of fused-ring (bicyclic) bond motifs is 1. The molecule has 0 aliphatic heterocycles. The number of thiazole rings is 1. The minimum atomic E-state index is -0.403. The van der Waals surface area contributed by atoms with Crippen LogP contribution in [-0.2, 0) is 4.79 Å². The number of ether oxygens (including phenoxy) is 1. The molecule has 2 aromatic carbocycles. The third-order valence-corrected chi connectivity index (χ3v) is 6.14. The predicted molar refractivity (Wildman–Crippen MR) is 118 cm³/mol. The molecule has 0 saturated carbocycles. The number of methoxy groups -OCH3 is 1. The topological polar surface area (TPSA) is 77.0 Å². The van der Waals surface area contributed by atoms with Gasteiger partial charge in [-0.2, -0.15) is 0 Å². The fourth-order valence-electron chi connectivity index (χ4n) is 2.85. The summed E-state index contributed by atoms with van der Waals surface area (Å²) in [7, 11) is 1.62. The molecule has 2 heterocycles. The number of rotatable bonds is 6. The van der Waals surface area contributed by atoms with Gasteiger partial charge in [-0.1, -0.05) is 17.8 Å². The quantitative estimate of drug-likeness (QED) is 0.428. The molecule has 4 aromatic rings. The smallest absolute Gasteiger partial charge is 0.234 e. The maximum absolute atomic E-state index is 13.3. The number of carbonyl (C=O) groups excluding carboxylic acids is 1. The number of carbonyl (C=O) groups is 1. The molecule has 0 unspecified atom stereocenters. The van der Waals surface area contributed by atoms with Crippen molar-refractivity contribution in [1.82, 2.24) is 15.2 Å². The molecule has 30 heavy (non-hydrogen) atoms. The van der Waals surface area contributed by atoms with E-state index >= 15 is 0 Å². The molecular weight excluding hydrogens is 423 g/mol. The normalized spacial score (nSPS) is 10.9. The maximum atomic E-state index is 13.3. The first-order valence-electron chi connectivity index (χ1n) is 9.00. The Kier molecular flexibility index (Phi) is 5.91. The number of nitrogens with zero attached hydrogens (tertiary/aromatic N) is 3. The van der Waals surface area contributed by atoms with Gasteiger partial charge in [-0.05, 0) is 49.4 Å². The Morgan fingerprint density at radius 3 is 2.73 bits per heavy atom. The number of hydrogen-bond donors (Lipinski definition) is 1. The van der Waals surface area contributed by atoms with Crippen LogP contribution in [0.1, 0.15) is 5.01 Å². The van der Waals surface area contributed by atoms with Gasteiger partial charge in [0.25, 0.3) is 0 Å². The summed E-state index contributed by atoms with van der Waals surface area (Å²) in [4.78, 5) is 16.9. The summed E-state index contributed by atoms with van der Waals surface area (Å²) < 4.78 is 19.4. The lowest BCUT2D eigenvalue weighted by molar-refractivity contribution is -0.113. The number of anilines is 1. The van der Waals surface area contributed by atoms with Gasteiger partial charge in [-0.15, -0.1) is 21.5 Å². The summed E-state index contributed by atoms with van der Waals surface area (Å²) in [6.45, 7) is 1.92.